The molecule has 8 nitrogen and oxygen atoms in total. The van der Waals surface area contributed by atoms with E-state index in [1.165, 1.54) is 6.33 Å². The third kappa shape index (κ3) is 4.54. The van der Waals surface area contributed by atoms with Crippen molar-refractivity contribution in [1.82, 2.24) is 19.9 Å². The third-order valence-corrected chi connectivity index (χ3v) is 3.31. The van der Waals surface area contributed by atoms with Crippen molar-refractivity contribution >= 4 is 46.1 Å². The number of aromatic nitrogens is 4. The number of fused-ring (bicyclic) bond motifs is 1. The van der Waals surface area contributed by atoms with Gasteiger partial charge < -0.3 is 10.1 Å². The van der Waals surface area contributed by atoms with Gasteiger partial charge in [0.2, 0.25) is 0 Å². The summed E-state index contributed by atoms with van der Waals surface area (Å²) in [5, 5.41) is 6.04. The van der Waals surface area contributed by atoms with E-state index in [-0.39, 0.29) is 0 Å². The molecule has 0 aromatic carbocycles. The number of ether oxygens (including phenoxy) is 1. The fraction of sp³-hybridized carbons (Fsp3) is 0.235. The second-order valence-corrected chi connectivity index (χ2v) is 6.80. The Morgan fingerprint density at radius 1 is 1.12 bits per heavy atom. The first-order valence-electron chi connectivity index (χ1n) is 7.80. The van der Waals surface area contributed by atoms with E-state index in [1.807, 2.05) is 0 Å². The van der Waals surface area contributed by atoms with Crippen molar-refractivity contribution in [1.29, 1.82) is 0 Å². The summed E-state index contributed by atoms with van der Waals surface area (Å²) in [6.07, 6.45) is 2.43. The minimum Gasteiger partial charge on any atom is -0.444 e. The first-order valence-corrected chi connectivity index (χ1v) is 8.18. The van der Waals surface area contributed by atoms with Gasteiger partial charge in [0.25, 0.3) is 0 Å². The number of carbonyl (C=O) groups excluding carboxylic acids is 1. The van der Waals surface area contributed by atoms with E-state index < -0.39 is 11.7 Å². The van der Waals surface area contributed by atoms with Gasteiger partial charge >= 0.3 is 6.09 Å². The van der Waals surface area contributed by atoms with Crippen LogP contribution >= 0.6 is 11.6 Å². The number of nitrogens with zero attached hydrogens (tertiary/aromatic N) is 4. The molecule has 3 heterocycles. The number of hydrogen-bond acceptors (Lipinski definition) is 7. The molecule has 0 bridgehead atoms. The summed E-state index contributed by atoms with van der Waals surface area (Å²) in [4.78, 5) is 28.5. The van der Waals surface area contributed by atoms with Crippen molar-refractivity contribution in [2.24, 2.45) is 0 Å². The Kier molecular flexibility index (Phi) is 4.85. The normalized spacial score (nSPS) is 11.2. The van der Waals surface area contributed by atoms with Gasteiger partial charge in [0.15, 0.2) is 5.82 Å². The minimum atomic E-state index is -0.575. The van der Waals surface area contributed by atoms with Crippen molar-refractivity contribution in [3.63, 3.8) is 0 Å². The molecule has 9 heteroatoms. The summed E-state index contributed by atoms with van der Waals surface area (Å²) in [5.41, 5.74) is 1.31. The van der Waals surface area contributed by atoms with Gasteiger partial charge in [-0.05, 0) is 45.0 Å². The lowest BCUT2D eigenvalue weighted by Crippen LogP contribution is -2.27. The van der Waals surface area contributed by atoms with Crippen molar-refractivity contribution in [2.45, 2.75) is 26.4 Å². The molecule has 1 amide bonds. The molecule has 3 aromatic heterocycles. The number of anilines is 3. The minimum absolute atomic E-state index is 0.352. The van der Waals surface area contributed by atoms with Gasteiger partial charge in [-0.15, -0.1) is 0 Å². The van der Waals surface area contributed by atoms with Crippen LogP contribution in [0.4, 0.5) is 22.1 Å². The topological polar surface area (TPSA) is 102 Å². The molecule has 0 unspecified atom stereocenters. The van der Waals surface area contributed by atoms with Crippen molar-refractivity contribution in [3.8, 4) is 0 Å². The van der Waals surface area contributed by atoms with Crippen molar-refractivity contribution in [3.05, 3.63) is 41.9 Å². The van der Waals surface area contributed by atoms with Gasteiger partial charge in [-0.2, -0.15) is 0 Å². The van der Waals surface area contributed by atoms with E-state index in [1.54, 1.807) is 51.2 Å². The molecule has 3 aromatic rings. The summed E-state index contributed by atoms with van der Waals surface area (Å²) in [6.45, 7) is 5.37. The van der Waals surface area contributed by atoms with Crippen LogP contribution < -0.4 is 10.6 Å². The molecule has 0 atom stereocenters. The second-order valence-electron chi connectivity index (χ2n) is 6.41. The fourth-order valence-electron chi connectivity index (χ4n) is 2.09. The molecule has 26 heavy (non-hydrogen) atoms. The van der Waals surface area contributed by atoms with Gasteiger partial charge in [-0.1, -0.05) is 11.6 Å². The highest BCUT2D eigenvalue weighted by atomic mass is 35.5. The van der Waals surface area contributed by atoms with Gasteiger partial charge in [-0.25, -0.2) is 24.7 Å². The quantitative estimate of drug-likeness (QED) is 0.665. The predicted octanol–water partition coefficient (Wildman–Crippen LogP) is 4.16. The summed E-state index contributed by atoms with van der Waals surface area (Å²) in [7, 11) is 0. The largest absolute Gasteiger partial charge is 0.444 e. The third-order valence-electron chi connectivity index (χ3n) is 3.10. The standard InChI is InChI=1S/C17H17ClN6O2/c1-17(2,3)26-16(25)24-13-7-4-10(8-19-13)22-15-14-11(20-9-21-15)5-6-12(18)23-14/h4-9H,1-3H3,(H,19,24,25)(H,20,21,22). The van der Waals surface area contributed by atoms with Crippen molar-refractivity contribution in [2.75, 3.05) is 10.6 Å². The number of carbonyl (C=O) groups is 1. The van der Waals surface area contributed by atoms with E-state index in [0.717, 1.165) is 0 Å². The Morgan fingerprint density at radius 3 is 2.62 bits per heavy atom. The van der Waals surface area contributed by atoms with Crippen LogP contribution in [0.15, 0.2) is 36.8 Å². The molecular formula is C17H17ClN6O2. The number of amides is 1. The van der Waals surface area contributed by atoms with Crippen LogP contribution in [0.3, 0.4) is 0 Å². The average molecular weight is 373 g/mol. The first kappa shape index (κ1) is 17.8. The van der Waals surface area contributed by atoms with E-state index in [0.29, 0.717) is 33.5 Å². The molecule has 3 rings (SSSR count). The molecule has 0 saturated carbocycles. The zero-order valence-electron chi connectivity index (χ0n) is 14.4. The molecule has 134 valence electrons. The van der Waals surface area contributed by atoms with Crippen LogP contribution in [0, 0.1) is 0 Å². The Balaban J connectivity index is 1.74. The summed E-state index contributed by atoms with van der Waals surface area (Å²) in [5.74, 6) is 0.880. The zero-order chi connectivity index (χ0) is 18.7. The molecule has 0 saturated heterocycles. The maximum atomic E-state index is 11.8. The van der Waals surface area contributed by atoms with Crippen LogP contribution in [-0.4, -0.2) is 31.6 Å². The number of nitrogens with one attached hydrogen (secondary N) is 2. The van der Waals surface area contributed by atoms with Crippen LogP contribution in [0.5, 0.6) is 0 Å². The molecule has 2 N–H and O–H groups in total. The average Bonchev–Trinajstić information content (AvgIpc) is 2.55. The van der Waals surface area contributed by atoms with E-state index >= 15 is 0 Å². The van der Waals surface area contributed by atoms with E-state index in [4.69, 9.17) is 16.3 Å². The Hall–Kier alpha value is -3.00. The summed E-state index contributed by atoms with van der Waals surface area (Å²) >= 11 is 5.95. The van der Waals surface area contributed by atoms with E-state index in [2.05, 4.69) is 30.6 Å². The summed E-state index contributed by atoms with van der Waals surface area (Å²) in [6, 6.07) is 6.83. The number of halogens is 1. The number of hydrogen-bond donors (Lipinski definition) is 2. The maximum absolute atomic E-state index is 11.8. The SMILES string of the molecule is CC(C)(C)OC(=O)Nc1ccc(Nc2ncnc3ccc(Cl)nc23)cn1. The molecule has 0 aliphatic heterocycles. The fourth-order valence-corrected chi connectivity index (χ4v) is 2.24. The monoisotopic (exact) mass is 372 g/mol. The van der Waals surface area contributed by atoms with Crippen LogP contribution in [0.2, 0.25) is 5.15 Å². The summed E-state index contributed by atoms with van der Waals surface area (Å²) < 4.78 is 5.18. The van der Waals surface area contributed by atoms with Crippen LogP contribution in [0.25, 0.3) is 11.0 Å². The number of rotatable bonds is 3. The Bertz CT molecular complexity index is 940. The molecule has 0 spiro atoms. The Morgan fingerprint density at radius 2 is 1.92 bits per heavy atom. The predicted molar refractivity (Wildman–Crippen MR) is 99.7 cm³/mol. The molecule has 0 fully saturated rings. The van der Waals surface area contributed by atoms with Crippen LogP contribution in [0.1, 0.15) is 20.8 Å². The number of pyridine rings is 2. The lowest BCUT2D eigenvalue weighted by molar-refractivity contribution is 0.0635. The molecule has 0 aliphatic rings. The van der Waals surface area contributed by atoms with Gasteiger partial charge in [0.1, 0.15) is 28.4 Å². The zero-order valence-corrected chi connectivity index (χ0v) is 15.2. The van der Waals surface area contributed by atoms with Gasteiger partial charge in [-0.3, -0.25) is 5.32 Å². The Labute approximate surface area is 155 Å². The highest BCUT2D eigenvalue weighted by molar-refractivity contribution is 6.29. The lowest BCUT2D eigenvalue weighted by atomic mass is 10.2. The highest BCUT2D eigenvalue weighted by Crippen LogP contribution is 2.23. The van der Waals surface area contributed by atoms with Crippen LogP contribution in [-0.2, 0) is 4.74 Å². The maximum Gasteiger partial charge on any atom is 0.413 e. The smallest absolute Gasteiger partial charge is 0.413 e. The first-order chi connectivity index (χ1) is 12.3. The van der Waals surface area contributed by atoms with Gasteiger partial charge in [0.05, 0.1) is 17.4 Å². The van der Waals surface area contributed by atoms with Gasteiger partial charge in [0, 0.05) is 0 Å². The van der Waals surface area contributed by atoms with E-state index in [9.17, 15) is 4.79 Å². The lowest BCUT2D eigenvalue weighted by Gasteiger charge is -2.19. The molecule has 0 aliphatic carbocycles. The van der Waals surface area contributed by atoms with Crippen molar-refractivity contribution < 1.29 is 9.53 Å². The molecule has 0 radical (unpaired) electrons. The second kappa shape index (κ2) is 7.09. The highest BCUT2D eigenvalue weighted by Gasteiger charge is 2.16. The molecular weight excluding hydrogens is 356 g/mol.